The highest BCUT2D eigenvalue weighted by atomic mass is 16.2. The van der Waals surface area contributed by atoms with Gasteiger partial charge >= 0.3 is 0 Å². The molecule has 7 nitrogen and oxygen atoms in total. The largest absolute Gasteiger partial charge is 0.369 e. The number of hydrogen-bond donors (Lipinski definition) is 1. The normalized spacial score (nSPS) is 18.7. The summed E-state index contributed by atoms with van der Waals surface area (Å²) < 4.78 is 0. The van der Waals surface area contributed by atoms with Gasteiger partial charge in [-0.15, -0.1) is 0 Å². The van der Waals surface area contributed by atoms with E-state index in [1.165, 1.54) is 18.6 Å². The summed E-state index contributed by atoms with van der Waals surface area (Å²) in [6.07, 6.45) is 9.86. The van der Waals surface area contributed by atoms with Crippen LogP contribution in [-0.4, -0.2) is 44.8 Å². The van der Waals surface area contributed by atoms with Crippen molar-refractivity contribution in [2.45, 2.75) is 19.3 Å². The lowest BCUT2D eigenvalue weighted by atomic mass is 9.74. The Balaban J connectivity index is 1.54. The Morgan fingerprint density at radius 2 is 1.80 bits per heavy atom. The Kier molecular flexibility index (Phi) is 5.52. The minimum atomic E-state index is -0.800. The van der Waals surface area contributed by atoms with E-state index >= 15 is 0 Å². The first-order chi connectivity index (χ1) is 14.6. The highest BCUT2D eigenvalue weighted by Gasteiger charge is 2.42. The fraction of sp³-hybridized carbons (Fsp3) is 0.261. The van der Waals surface area contributed by atoms with Crippen molar-refractivity contribution in [3.63, 3.8) is 0 Å². The van der Waals surface area contributed by atoms with Crippen LogP contribution in [0.15, 0.2) is 67.4 Å². The second-order valence-electron chi connectivity index (χ2n) is 7.68. The van der Waals surface area contributed by atoms with E-state index in [1.807, 2.05) is 42.6 Å². The molecule has 3 aromatic rings. The molecule has 1 fully saturated rings. The maximum atomic E-state index is 12.8. The average molecular weight is 401 g/mol. The number of carbonyl (C=O) groups excluding carboxylic acids is 2. The van der Waals surface area contributed by atoms with E-state index in [1.54, 1.807) is 11.1 Å². The highest BCUT2D eigenvalue weighted by Crippen LogP contribution is 2.34. The lowest BCUT2D eigenvalue weighted by Gasteiger charge is -2.40. The predicted molar refractivity (Wildman–Crippen MR) is 112 cm³/mol. The van der Waals surface area contributed by atoms with Gasteiger partial charge in [0.1, 0.15) is 5.69 Å². The summed E-state index contributed by atoms with van der Waals surface area (Å²) in [6.45, 7) is 0.854. The molecular weight excluding hydrogens is 378 g/mol. The van der Waals surface area contributed by atoms with Crippen molar-refractivity contribution in [3.8, 4) is 11.1 Å². The first kappa shape index (κ1) is 19.7. The number of benzene rings is 1. The van der Waals surface area contributed by atoms with Crippen LogP contribution < -0.4 is 5.73 Å². The minimum absolute atomic E-state index is 0.222. The summed E-state index contributed by atoms with van der Waals surface area (Å²) in [7, 11) is 0. The Hall–Kier alpha value is -3.61. The van der Waals surface area contributed by atoms with Crippen molar-refractivity contribution in [3.05, 3.63) is 78.6 Å². The monoisotopic (exact) mass is 401 g/mol. The molecule has 3 heterocycles. The van der Waals surface area contributed by atoms with Gasteiger partial charge in [0.2, 0.25) is 5.91 Å². The molecule has 1 aliphatic heterocycles. The topological polar surface area (TPSA) is 102 Å². The predicted octanol–water partition coefficient (Wildman–Crippen LogP) is 2.49. The van der Waals surface area contributed by atoms with Crippen molar-refractivity contribution < 1.29 is 9.59 Å². The van der Waals surface area contributed by atoms with E-state index in [9.17, 15) is 9.59 Å². The van der Waals surface area contributed by atoms with Gasteiger partial charge in [-0.05, 0) is 42.0 Å². The molecule has 0 spiro atoms. The van der Waals surface area contributed by atoms with Gasteiger partial charge in [0, 0.05) is 37.9 Å². The van der Waals surface area contributed by atoms with Gasteiger partial charge in [-0.3, -0.25) is 19.6 Å². The van der Waals surface area contributed by atoms with Crippen LogP contribution in [0.4, 0.5) is 0 Å². The number of pyridine rings is 1. The number of nitrogens with zero attached hydrogens (tertiary/aromatic N) is 4. The van der Waals surface area contributed by atoms with E-state index in [4.69, 9.17) is 5.73 Å². The quantitative estimate of drug-likeness (QED) is 0.708. The summed E-state index contributed by atoms with van der Waals surface area (Å²) in [5.41, 5.74) is 8.44. The van der Waals surface area contributed by atoms with Gasteiger partial charge in [-0.25, -0.2) is 4.98 Å². The van der Waals surface area contributed by atoms with Crippen LogP contribution in [0.25, 0.3) is 11.1 Å². The average Bonchev–Trinajstić information content (AvgIpc) is 2.80. The molecule has 30 heavy (non-hydrogen) atoms. The van der Waals surface area contributed by atoms with Gasteiger partial charge in [0.05, 0.1) is 11.6 Å². The number of amides is 2. The number of likely N-dealkylation sites (tertiary alicyclic amines) is 1. The molecule has 1 saturated heterocycles. The Morgan fingerprint density at radius 3 is 2.47 bits per heavy atom. The zero-order chi connectivity index (χ0) is 21.0. The molecule has 152 valence electrons. The van der Waals surface area contributed by atoms with Crippen molar-refractivity contribution in [2.24, 2.45) is 11.1 Å². The van der Waals surface area contributed by atoms with E-state index in [0.717, 1.165) is 16.7 Å². The highest BCUT2D eigenvalue weighted by molar-refractivity contribution is 5.93. The van der Waals surface area contributed by atoms with Crippen LogP contribution in [0.3, 0.4) is 0 Å². The molecule has 2 N–H and O–H groups in total. The van der Waals surface area contributed by atoms with Crippen molar-refractivity contribution in [1.82, 2.24) is 19.9 Å². The van der Waals surface area contributed by atoms with Gasteiger partial charge < -0.3 is 10.6 Å². The van der Waals surface area contributed by atoms with Gasteiger partial charge in [0.25, 0.3) is 5.91 Å². The number of aromatic nitrogens is 3. The lowest BCUT2D eigenvalue weighted by molar-refractivity contribution is -0.130. The Morgan fingerprint density at radius 1 is 1.00 bits per heavy atom. The molecule has 4 rings (SSSR count). The third kappa shape index (κ3) is 4.05. The summed E-state index contributed by atoms with van der Waals surface area (Å²) in [5.74, 6) is -0.601. The van der Waals surface area contributed by atoms with Crippen LogP contribution in [0.5, 0.6) is 0 Å². The molecule has 1 atom stereocenters. The lowest BCUT2D eigenvalue weighted by Crippen LogP contribution is -2.53. The Labute approximate surface area is 175 Å². The van der Waals surface area contributed by atoms with E-state index in [2.05, 4.69) is 15.0 Å². The van der Waals surface area contributed by atoms with Crippen molar-refractivity contribution in [2.75, 3.05) is 13.1 Å². The summed E-state index contributed by atoms with van der Waals surface area (Å²) in [6, 6.07) is 12.0. The Bertz CT molecular complexity index is 1020. The summed E-state index contributed by atoms with van der Waals surface area (Å²) >= 11 is 0. The smallest absolute Gasteiger partial charge is 0.274 e. The SMILES string of the molecule is NC(=O)[C@]1(Cc2ccc(-c3cccnc3)cc2)CCCN(C(=O)c2cnccn2)C1. The zero-order valence-electron chi connectivity index (χ0n) is 16.6. The number of rotatable bonds is 5. The summed E-state index contributed by atoms with van der Waals surface area (Å²) in [5, 5.41) is 0. The molecule has 0 unspecified atom stereocenters. The second-order valence-corrected chi connectivity index (χ2v) is 7.68. The molecule has 0 aliphatic carbocycles. The maximum Gasteiger partial charge on any atom is 0.274 e. The van der Waals surface area contributed by atoms with Gasteiger partial charge in [-0.2, -0.15) is 0 Å². The van der Waals surface area contributed by atoms with E-state index < -0.39 is 5.41 Å². The number of primary amides is 1. The van der Waals surface area contributed by atoms with Crippen LogP contribution >= 0.6 is 0 Å². The fourth-order valence-electron chi connectivity index (χ4n) is 4.05. The van der Waals surface area contributed by atoms with Crippen LogP contribution in [-0.2, 0) is 11.2 Å². The van der Waals surface area contributed by atoms with Crippen LogP contribution in [0.2, 0.25) is 0 Å². The zero-order valence-corrected chi connectivity index (χ0v) is 16.6. The second kappa shape index (κ2) is 8.41. The molecule has 2 aromatic heterocycles. The molecule has 7 heteroatoms. The number of hydrogen-bond acceptors (Lipinski definition) is 5. The molecule has 2 amide bonds. The fourth-order valence-corrected chi connectivity index (χ4v) is 4.05. The maximum absolute atomic E-state index is 12.8. The molecule has 0 radical (unpaired) electrons. The van der Waals surface area contributed by atoms with Crippen LogP contribution in [0.1, 0.15) is 28.9 Å². The minimum Gasteiger partial charge on any atom is -0.369 e. The molecule has 0 saturated carbocycles. The van der Waals surface area contributed by atoms with E-state index in [0.29, 0.717) is 25.8 Å². The number of nitrogens with two attached hydrogens (primary N) is 1. The molecular formula is C23H23N5O2. The first-order valence-electron chi connectivity index (χ1n) is 9.92. The summed E-state index contributed by atoms with van der Waals surface area (Å²) in [4.78, 5) is 39.2. The third-order valence-electron chi connectivity index (χ3n) is 5.66. The molecule has 1 aromatic carbocycles. The third-order valence-corrected chi connectivity index (χ3v) is 5.66. The standard InChI is InChI=1S/C23H23N5O2/c24-22(30)23(8-2-12-28(16-23)21(29)20-15-26-10-11-27-20)13-17-4-6-18(7-5-17)19-3-1-9-25-14-19/h1,3-7,9-11,14-15H,2,8,12-13,16H2,(H2,24,30)/t23-/m0/s1. The van der Waals surface area contributed by atoms with E-state index in [-0.39, 0.29) is 24.1 Å². The van der Waals surface area contributed by atoms with Crippen LogP contribution in [0, 0.1) is 5.41 Å². The van der Waals surface area contributed by atoms with Gasteiger partial charge in [-0.1, -0.05) is 30.3 Å². The number of piperidine rings is 1. The van der Waals surface area contributed by atoms with Crippen molar-refractivity contribution in [1.29, 1.82) is 0 Å². The first-order valence-corrected chi connectivity index (χ1v) is 9.92. The molecule has 0 bridgehead atoms. The molecule has 1 aliphatic rings. The van der Waals surface area contributed by atoms with Gasteiger partial charge in [0.15, 0.2) is 0 Å². The van der Waals surface area contributed by atoms with Crippen molar-refractivity contribution >= 4 is 11.8 Å². The number of carbonyl (C=O) groups is 2.